The fourth-order valence-corrected chi connectivity index (χ4v) is 5.73. The third-order valence-electron chi connectivity index (χ3n) is 7.44. The number of rotatable bonds is 1. The molecule has 0 N–H and O–H groups in total. The molecule has 2 fully saturated rings. The van der Waals surface area contributed by atoms with E-state index in [4.69, 9.17) is 0 Å². The molecule has 0 radical (unpaired) electrons. The number of piperazine rings is 1. The zero-order chi connectivity index (χ0) is 20.2. The van der Waals surface area contributed by atoms with Gasteiger partial charge in [0.1, 0.15) is 17.0 Å². The Bertz CT molecular complexity index is 980. The molecule has 0 bridgehead atoms. The second-order valence-corrected chi connectivity index (χ2v) is 8.85. The number of para-hydroxylation sites is 1. The standard InChI is InChI=1S/C25H28N2O2/c1-17-7-5-10-20(18(17)2)26-13-14-27-21-9-4-3-8-19(21)15-25(22(27)16-26)23(28)11-6-12-24(25)29/h3-5,7-10,22H,6,11-16H2,1-2H3. The Morgan fingerprint density at radius 1 is 0.897 bits per heavy atom. The summed E-state index contributed by atoms with van der Waals surface area (Å²) in [6, 6.07) is 14.7. The molecule has 3 aliphatic rings. The molecule has 1 saturated heterocycles. The number of benzene rings is 2. The molecule has 1 aliphatic carbocycles. The van der Waals surface area contributed by atoms with Gasteiger partial charge in [-0.3, -0.25) is 9.59 Å². The van der Waals surface area contributed by atoms with Crippen LogP contribution in [0.1, 0.15) is 36.0 Å². The van der Waals surface area contributed by atoms with Gasteiger partial charge in [-0.25, -0.2) is 0 Å². The molecule has 1 saturated carbocycles. The predicted molar refractivity (Wildman–Crippen MR) is 116 cm³/mol. The number of hydrogen-bond acceptors (Lipinski definition) is 4. The number of Topliss-reactive ketones (excluding diaryl/α,β-unsaturated/α-hetero) is 2. The summed E-state index contributed by atoms with van der Waals surface area (Å²) in [5, 5.41) is 0. The lowest BCUT2D eigenvalue weighted by Crippen LogP contribution is -2.68. The molecular formula is C25H28N2O2. The molecule has 1 atom stereocenters. The number of ketones is 2. The number of carbonyl (C=O) groups excluding carboxylic acids is 2. The van der Waals surface area contributed by atoms with Crippen molar-refractivity contribution in [3.63, 3.8) is 0 Å². The van der Waals surface area contributed by atoms with Crippen LogP contribution in [0.2, 0.25) is 0 Å². The summed E-state index contributed by atoms with van der Waals surface area (Å²) >= 11 is 0. The van der Waals surface area contributed by atoms with Crippen LogP contribution in [0.3, 0.4) is 0 Å². The van der Waals surface area contributed by atoms with E-state index in [1.54, 1.807) is 0 Å². The molecule has 1 spiro atoms. The van der Waals surface area contributed by atoms with E-state index in [-0.39, 0.29) is 17.6 Å². The maximum Gasteiger partial charge on any atom is 0.148 e. The van der Waals surface area contributed by atoms with Crippen LogP contribution in [-0.4, -0.2) is 37.2 Å². The first-order valence-electron chi connectivity index (χ1n) is 10.7. The first kappa shape index (κ1) is 18.4. The molecule has 2 aliphatic heterocycles. The smallest absolute Gasteiger partial charge is 0.148 e. The van der Waals surface area contributed by atoms with E-state index >= 15 is 0 Å². The predicted octanol–water partition coefficient (Wildman–Crippen LogP) is 3.86. The molecule has 1 unspecified atom stereocenters. The highest BCUT2D eigenvalue weighted by Crippen LogP contribution is 2.47. The van der Waals surface area contributed by atoms with Crippen molar-refractivity contribution in [2.45, 2.75) is 45.6 Å². The Balaban J connectivity index is 1.61. The minimum absolute atomic E-state index is 0.0913. The monoisotopic (exact) mass is 388 g/mol. The van der Waals surface area contributed by atoms with Crippen molar-refractivity contribution in [1.82, 2.24) is 0 Å². The summed E-state index contributed by atoms with van der Waals surface area (Å²) < 4.78 is 0. The fraction of sp³-hybridized carbons (Fsp3) is 0.440. The van der Waals surface area contributed by atoms with E-state index in [1.807, 2.05) is 6.07 Å². The number of anilines is 2. The van der Waals surface area contributed by atoms with Gasteiger partial charge in [-0.15, -0.1) is 0 Å². The summed E-state index contributed by atoms with van der Waals surface area (Å²) in [5.74, 6) is 0.308. The summed E-state index contributed by atoms with van der Waals surface area (Å²) in [6.07, 6.45) is 2.32. The first-order chi connectivity index (χ1) is 14.0. The second kappa shape index (κ2) is 6.72. The van der Waals surface area contributed by atoms with E-state index in [2.05, 4.69) is 60.0 Å². The van der Waals surface area contributed by atoms with Crippen molar-refractivity contribution in [2.75, 3.05) is 29.4 Å². The van der Waals surface area contributed by atoms with Gasteiger partial charge in [-0.1, -0.05) is 30.3 Å². The molecule has 0 aromatic heterocycles. The van der Waals surface area contributed by atoms with E-state index < -0.39 is 5.41 Å². The molecule has 5 rings (SSSR count). The number of carbonyl (C=O) groups is 2. The van der Waals surface area contributed by atoms with Gasteiger partial charge in [0.15, 0.2) is 0 Å². The van der Waals surface area contributed by atoms with Gasteiger partial charge in [0, 0.05) is 43.9 Å². The average Bonchev–Trinajstić information content (AvgIpc) is 2.73. The van der Waals surface area contributed by atoms with Crippen LogP contribution in [0.4, 0.5) is 11.4 Å². The van der Waals surface area contributed by atoms with Crippen molar-refractivity contribution < 1.29 is 9.59 Å². The van der Waals surface area contributed by atoms with Crippen molar-refractivity contribution in [3.8, 4) is 0 Å². The second-order valence-electron chi connectivity index (χ2n) is 8.85. The van der Waals surface area contributed by atoms with Crippen LogP contribution < -0.4 is 9.80 Å². The largest absolute Gasteiger partial charge is 0.367 e. The van der Waals surface area contributed by atoms with Gasteiger partial charge < -0.3 is 9.80 Å². The van der Waals surface area contributed by atoms with E-state index in [0.29, 0.717) is 25.7 Å². The Labute approximate surface area is 172 Å². The Morgan fingerprint density at radius 2 is 1.62 bits per heavy atom. The molecule has 4 nitrogen and oxygen atoms in total. The van der Waals surface area contributed by atoms with Crippen LogP contribution in [0.25, 0.3) is 0 Å². The minimum atomic E-state index is -0.886. The Morgan fingerprint density at radius 3 is 2.41 bits per heavy atom. The van der Waals surface area contributed by atoms with Crippen LogP contribution in [0.5, 0.6) is 0 Å². The Hall–Kier alpha value is -2.62. The van der Waals surface area contributed by atoms with Gasteiger partial charge in [0.2, 0.25) is 0 Å². The van der Waals surface area contributed by atoms with Crippen LogP contribution in [-0.2, 0) is 16.0 Å². The maximum atomic E-state index is 13.3. The van der Waals surface area contributed by atoms with Crippen molar-refractivity contribution in [2.24, 2.45) is 5.41 Å². The first-order valence-corrected chi connectivity index (χ1v) is 10.7. The SMILES string of the molecule is Cc1cccc(N2CCN3c4ccccc4CC4(C(=O)CCCC4=O)C3C2)c1C. The molecule has 2 aromatic rings. The molecule has 2 heterocycles. The van der Waals surface area contributed by atoms with Crippen molar-refractivity contribution in [3.05, 3.63) is 59.2 Å². The van der Waals surface area contributed by atoms with Crippen LogP contribution in [0.15, 0.2) is 42.5 Å². The summed E-state index contributed by atoms with van der Waals surface area (Å²) in [6.45, 7) is 6.75. The number of nitrogens with zero attached hydrogens (tertiary/aromatic N) is 2. The van der Waals surface area contributed by atoms with Gasteiger partial charge >= 0.3 is 0 Å². The van der Waals surface area contributed by atoms with Crippen molar-refractivity contribution >= 4 is 22.9 Å². The number of fused-ring (bicyclic) bond motifs is 4. The molecule has 150 valence electrons. The van der Waals surface area contributed by atoms with Gasteiger partial charge in [-0.05, 0) is 55.5 Å². The maximum absolute atomic E-state index is 13.3. The van der Waals surface area contributed by atoms with Crippen LogP contribution in [0, 0.1) is 19.3 Å². The van der Waals surface area contributed by atoms with Crippen molar-refractivity contribution in [1.29, 1.82) is 0 Å². The highest BCUT2D eigenvalue weighted by atomic mass is 16.2. The van der Waals surface area contributed by atoms with E-state index in [0.717, 1.165) is 25.2 Å². The van der Waals surface area contributed by atoms with Gasteiger partial charge in [0.25, 0.3) is 0 Å². The quantitative estimate of drug-likeness (QED) is 0.696. The summed E-state index contributed by atoms with van der Waals surface area (Å²) in [7, 11) is 0. The molecule has 2 aromatic carbocycles. The van der Waals surface area contributed by atoms with Gasteiger partial charge in [-0.2, -0.15) is 0 Å². The number of hydrogen-bond donors (Lipinski definition) is 0. The molecule has 0 amide bonds. The fourth-order valence-electron chi connectivity index (χ4n) is 5.73. The number of aryl methyl sites for hydroxylation is 1. The average molecular weight is 389 g/mol. The van der Waals surface area contributed by atoms with Gasteiger partial charge in [0.05, 0.1) is 6.04 Å². The summed E-state index contributed by atoms with van der Waals surface area (Å²) in [5.41, 5.74) is 5.26. The molecule has 29 heavy (non-hydrogen) atoms. The van der Waals surface area contributed by atoms with E-state index in [1.165, 1.54) is 22.5 Å². The minimum Gasteiger partial charge on any atom is -0.367 e. The molecular weight excluding hydrogens is 360 g/mol. The lowest BCUT2D eigenvalue weighted by atomic mass is 9.61. The lowest BCUT2D eigenvalue weighted by Gasteiger charge is -2.55. The highest BCUT2D eigenvalue weighted by molar-refractivity contribution is 6.11. The Kier molecular flexibility index (Phi) is 4.27. The molecule has 4 heteroatoms. The lowest BCUT2D eigenvalue weighted by molar-refractivity contribution is -0.146. The summed E-state index contributed by atoms with van der Waals surface area (Å²) in [4.78, 5) is 31.4. The normalized spacial score (nSPS) is 23.2. The van der Waals surface area contributed by atoms with Crippen LogP contribution >= 0.6 is 0 Å². The third kappa shape index (κ3) is 2.65. The highest BCUT2D eigenvalue weighted by Gasteiger charge is 2.58. The third-order valence-corrected chi connectivity index (χ3v) is 7.44. The zero-order valence-corrected chi connectivity index (χ0v) is 17.3. The van der Waals surface area contributed by atoms with E-state index in [9.17, 15) is 9.59 Å². The topological polar surface area (TPSA) is 40.6 Å². The zero-order valence-electron chi connectivity index (χ0n) is 17.3.